The summed E-state index contributed by atoms with van der Waals surface area (Å²) in [6.07, 6.45) is 4.93. The molecule has 4 aromatic rings. The zero-order valence-corrected chi connectivity index (χ0v) is 16.0. The molecule has 0 fully saturated rings. The summed E-state index contributed by atoms with van der Waals surface area (Å²) in [6.45, 7) is 4.10. The monoisotopic (exact) mass is 385 g/mol. The predicted octanol–water partition coefficient (Wildman–Crippen LogP) is 3.00. The maximum Gasteiger partial charge on any atom is 0.222 e. The molecule has 0 aromatic carbocycles. The number of nitrogens with zero attached hydrogens (tertiary/aromatic N) is 5. The van der Waals surface area contributed by atoms with Gasteiger partial charge in [0.1, 0.15) is 17.1 Å². The zero-order valence-electron chi connectivity index (χ0n) is 16.0. The fourth-order valence-electron chi connectivity index (χ4n) is 2.80. The molecule has 0 bridgehead atoms. The van der Waals surface area contributed by atoms with Gasteiger partial charge in [0.2, 0.25) is 5.95 Å². The third-order valence-corrected chi connectivity index (χ3v) is 4.28. The molecule has 4 N–H and O–H groups in total. The summed E-state index contributed by atoms with van der Waals surface area (Å²) in [4.78, 5) is 12.3. The van der Waals surface area contributed by atoms with Gasteiger partial charge >= 0.3 is 0 Å². The molecule has 0 aliphatic heterocycles. The van der Waals surface area contributed by atoms with Crippen molar-refractivity contribution in [3.8, 4) is 23.3 Å². The number of nitrogens with two attached hydrogens (primary N) is 2. The summed E-state index contributed by atoms with van der Waals surface area (Å²) in [5, 5.41) is 4.31. The van der Waals surface area contributed by atoms with E-state index in [1.807, 2.05) is 24.3 Å². The van der Waals surface area contributed by atoms with Crippen molar-refractivity contribution in [1.82, 2.24) is 24.6 Å². The highest BCUT2D eigenvalue weighted by atomic mass is 16.5. The van der Waals surface area contributed by atoms with Gasteiger partial charge in [-0.1, -0.05) is 13.8 Å². The second-order valence-corrected chi connectivity index (χ2v) is 6.67. The maximum atomic E-state index is 5.97. The summed E-state index contributed by atoms with van der Waals surface area (Å²) in [5.41, 5.74) is 14.7. The summed E-state index contributed by atoms with van der Waals surface area (Å²) < 4.78 is 7.75. The largest absolute Gasteiger partial charge is 0.451 e. The second kappa shape index (κ2) is 7.48. The minimum atomic E-state index is 0.0910. The Balaban J connectivity index is 1.70. The van der Waals surface area contributed by atoms with Crippen LogP contribution in [0.25, 0.3) is 5.52 Å². The van der Waals surface area contributed by atoms with Crippen LogP contribution in [0, 0.1) is 11.8 Å². The second-order valence-electron chi connectivity index (χ2n) is 6.67. The van der Waals surface area contributed by atoms with Crippen LogP contribution in [0.1, 0.15) is 36.7 Å². The minimum Gasteiger partial charge on any atom is -0.451 e. The van der Waals surface area contributed by atoms with E-state index in [-0.39, 0.29) is 17.7 Å². The van der Waals surface area contributed by atoms with E-state index in [1.165, 1.54) is 6.20 Å². The van der Waals surface area contributed by atoms with Gasteiger partial charge in [0.05, 0.1) is 11.7 Å². The van der Waals surface area contributed by atoms with Crippen molar-refractivity contribution in [2.45, 2.75) is 19.8 Å². The Bertz CT molecular complexity index is 1250. The first kappa shape index (κ1) is 18.3. The molecule has 0 amide bonds. The number of ether oxygens (including phenoxy) is 1. The molecule has 29 heavy (non-hydrogen) atoms. The Morgan fingerprint density at radius 2 is 1.90 bits per heavy atom. The molecule has 0 aliphatic rings. The van der Waals surface area contributed by atoms with E-state index in [4.69, 9.17) is 16.2 Å². The molecule has 0 saturated carbocycles. The summed E-state index contributed by atoms with van der Waals surface area (Å²) in [5.74, 6) is 7.55. The molecular weight excluding hydrogens is 366 g/mol. The Kier molecular flexibility index (Phi) is 4.71. The topological polar surface area (TPSA) is 117 Å². The van der Waals surface area contributed by atoms with Crippen LogP contribution >= 0.6 is 0 Å². The molecule has 0 aliphatic carbocycles. The van der Waals surface area contributed by atoms with Gasteiger partial charge in [0.15, 0.2) is 11.6 Å². The Morgan fingerprint density at radius 3 is 2.69 bits per heavy atom. The van der Waals surface area contributed by atoms with Gasteiger partial charge in [-0.15, -0.1) is 0 Å². The SMILES string of the molecule is CC(C)c1cnc(C#Cc2ccc3cccnn23)cc1Oc1cnc(N)nc1N. The lowest BCUT2D eigenvalue weighted by molar-refractivity contribution is 0.470. The number of fused-ring (bicyclic) bond motifs is 1. The van der Waals surface area contributed by atoms with Crippen molar-refractivity contribution in [2.24, 2.45) is 0 Å². The van der Waals surface area contributed by atoms with Crippen LogP contribution in [0.4, 0.5) is 11.8 Å². The minimum absolute atomic E-state index is 0.0910. The Labute approximate surface area is 167 Å². The van der Waals surface area contributed by atoms with Crippen LogP contribution in [0.2, 0.25) is 0 Å². The van der Waals surface area contributed by atoms with Gasteiger partial charge in [-0.3, -0.25) is 0 Å². The van der Waals surface area contributed by atoms with Crippen molar-refractivity contribution in [3.05, 3.63) is 65.9 Å². The fourth-order valence-corrected chi connectivity index (χ4v) is 2.80. The standard InChI is InChI=1S/C21H19N7O/c1-13(2)17-11-24-14(5-6-16-8-7-15-4-3-9-26-28(15)16)10-18(17)29-19-12-25-21(23)27-20(19)22/h3-4,7-13H,1-2H3,(H4,22,23,25,27). The first-order valence-electron chi connectivity index (χ1n) is 9.02. The highest BCUT2D eigenvalue weighted by Crippen LogP contribution is 2.32. The smallest absolute Gasteiger partial charge is 0.222 e. The van der Waals surface area contributed by atoms with Crippen LogP contribution in [-0.4, -0.2) is 24.6 Å². The van der Waals surface area contributed by atoms with Crippen LogP contribution in [0.15, 0.2) is 48.9 Å². The number of hydrogen-bond donors (Lipinski definition) is 2. The van der Waals surface area contributed by atoms with E-state index in [9.17, 15) is 0 Å². The number of anilines is 2. The lowest BCUT2D eigenvalue weighted by atomic mass is 10.0. The molecule has 4 rings (SSSR count). The normalized spacial score (nSPS) is 10.7. The van der Waals surface area contributed by atoms with E-state index >= 15 is 0 Å². The number of pyridine rings is 1. The third kappa shape index (κ3) is 3.80. The average molecular weight is 385 g/mol. The Hall–Kier alpha value is -4.12. The van der Waals surface area contributed by atoms with Gasteiger partial charge < -0.3 is 16.2 Å². The third-order valence-electron chi connectivity index (χ3n) is 4.28. The molecule has 0 unspecified atom stereocenters. The number of rotatable bonds is 3. The molecule has 8 heteroatoms. The van der Waals surface area contributed by atoms with Crippen molar-refractivity contribution in [2.75, 3.05) is 11.5 Å². The Morgan fingerprint density at radius 1 is 1.03 bits per heavy atom. The molecule has 0 radical (unpaired) electrons. The van der Waals surface area contributed by atoms with Gasteiger partial charge in [0.25, 0.3) is 0 Å². The van der Waals surface area contributed by atoms with Crippen LogP contribution in [-0.2, 0) is 0 Å². The van der Waals surface area contributed by atoms with Gasteiger partial charge in [-0.25, -0.2) is 14.5 Å². The molecule has 144 valence electrons. The highest BCUT2D eigenvalue weighted by Gasteiger charge is 2.13. The number of aromatic nitrogens is 5. The van der Waals surface area contributed by atoms with Crippen molar-refractivity contribution in [3.63, 3.8) is 0 Å². The van der Waals surface area contributed by atoms with Gasteiger partial charge in [-0.05, 0) is 42.0 Å². The molecular formula is C21H19N7O. The van der Waals surface area contributed by atoms with Gasteiger partial charge in [0, 0.05) is 24.0 Å². The lowest BCUT2D eigenvalue weighted by Gasteiger charge is -2.14. The first-order valence-corrected chi connectivity index (χ1v) is 9.02. The van der Waals surface area contributed by atoms with E-state index in [0.29, 0.717) is 17.2 Å². The summed E-state index contributed by atoms with van der Waals surface area (Å²) in [6, 6.07) is 9.52. The summed E-state index contributed by atoms with van der Waals surface area (Å²) in [7, 11) is 0. The molecule has 4 aromatic heterocycles. The number of hydrogen-bond acceptors (Lipinski definition) is 7. The van der Waals surface area contributed by atoms with Crippen molar-refractivity contribution >= 4 is 17.3 Å². The van der Waals surface area contributed by atoms with Crippen LogP contribution in [0.3, 0.4) is 0 Å². The lowest BCUT2D eigenvalue weighted by Crippen LogP contribution is -2.03. The van der Waals surface area contributed by atoms with E-state index in [1.54, 1.807) is 23.0 Å². The van der Waals surface area contributed by atoms with E-state index in [0.717, 1.165) is 16.8 Å². The molecule has 0 atom stereocenters. The molecule has 4 heterocycles. The fraction of sp³-hybridized carbons (Fsp3) is 0.143. The molecule has 0 saturated heterocycles. The van der Waals surface area contributed by atoms with Gasteiger partial charge in [-0.2, -0.15) is 10.1 Å². The quantitative estimate of drug-likeness (QED) is 0.521. The number of nitrogen functional groups attached to an aromatic ring is 2. The van der Waals surface area contributed by atoms with Crippen LogP contribution < -0.4 is 16.2 Å². The highest BCUT2D eigenvalue weighted by molar-refractivity contribution is 5.54. The first-order chi connectivity index (χ1) is 14.0. The maximum absolute atomic E-state index is 5.97. The summed E-state index contributed by atoms with van der Waals surface area (Å²) >= 11 is 0. The predicted molar refractivity (Wildman–Crippen MR) is 110 cm³/mol. The van der Waals surface area contributed by atoms with Crippen LogP contribution in [0.5, 0.6) is 11.5 Å². The zero-order chi connectivity index (χ0) is 20.4. The van der Waals surface area contributed by atoms with Crippen molar-refractivity contribution in [1.29, 1.82) is 0 Å². The van der Waals surface area contributed by atoms with Crippen molar-refractivity contribution < 1.29 is 4.74 Å². The molecule has 0 spiro atoms. The van der Waals surface area contributed by atoms with E-state index in [2.05, 4.69) is 45.7 Å². The molecule has 8 nitrogen and oxygen atoms in total. The van der Waals surface area contributed by atoms with E-state index < -0.39 is 0 Å². The average Bonchev–Trinajstić information content (AvgIpc) is 3.12.